The Morgan fingerprint density at radius 2 is 1.56 bits per heavy atom. The number of carbonyl (C=O) groups excluding carboxylic acids is 3. The number of thiophene rings is 1. The third-order valence-corrected chi connectivity index (χ3v) is 8.45. The number of thioether (sulfide) groups is 1. The first-order chi connectivity index (χ1) is 22.0. The van der Waals surface area contributed by atoms with Crippen molar-refractivity contribution in [1.29, 1.82) is 0 Å². The standard InChI is InChI=1S/C36H31N3O4S2/c1-2-43-30-18-16-28(17-19-30)37-36(42)33(26-10-5-3-6-11-26)45-31-15-9-14-29(23-31)38-35(41)32(22-25-20-21-44-24-25)39-34(40)27-12-7-4-8-13-27/h3-24,33H,2H2,1H3,(H,37,42)(H,38,41)(H,39,40)/b32-22-. The highest BCUT2D eigenvalue weighted by atomic mass is 32.2. The number of carbonyl (C=O) groups is 3. The molecule has 3 N–H and O–H groups in total. The number of ether oxygens (including phenoxy) is 1. The minimum absolute atomic E-state index is 0.109. The van der Waals surface area contributed by atoms with Gasteiger partial charge in [-0.3, -0.25) is 14.4 Å². The van der Waals surface area contributed by atoms with Crippen LogP contribution in [0.3, 0.4) is 0 Å². The van der Waals surface area contributed by atoms with E-state index in [1.54, 1.807) is 36.4 Å². The van der Waals surface area contributed by atoms with Crippen LogP contribution in [0.2, 0.25) is 0 Å². The minimum Gasteiger partial charge on any atom is -0.494 e. The van der Waals surface area contributed by atoms with E-state index in [1.165, 1.54) is 23.1 Å². The molecule has 0 saturated heterocycles. The van der Waals surface area contributed by atoms with E-state index in [1.807, 2.05) is 103 Å². The van der Waals surface area contributed by atoms with Crippen LogP contribution in [0.4, 0.5) is 11.4 Å². The summed E-state index contributed by atoms with van der Waals surface area (Å²) in [5.41, 5.74) is 3.37. The average Bonchev–Trinajstić information content (AvgIpc) is 3.58. The summed E-state index contributed by atoms with van der Waals surface area (Å²) in [6.45, 7) is 2.48. The molecule has 1 atom stereocenters. The van der Waals surface area contributed by atoms with E-state index in [4.69, 9.17) is 4.74 Å². The molecule has 4 aromatic carbocycles. The molecule has 0 aliphatic rings. The number of rotatable bonds is 12. The Hall–Kier alpha value is -5.12. The second-order valence-electron chi connectivity index (χ2n) is 9.77. The predicted octanol–water partition coefficient (Wildman–Crippen LogP) is 8.03. The Morgan fingerprint density at radius 3 is 2.24 bits per heavy atom. The second kappa shape index (κ2) is 15.6. The molecule has 1 unspecified atom stereocenters. The first-order valence-corrected chi connectivity index (χ1v) is 16.1. The van der Waals surface area contributed by atoms with Crippen LogP contribution in [0.5, 0.6) is 5.75 Å². The quantitative estimate of drug-likeness (QED) is 0.0955. The van der Waals surface area contributed by atoms with Gasteiger partial charge in [0.2, 0.25) is 5.91 Å². The molecule has 5 aromatic rings. The summed E-state index contributed by atoms with van der Waals surface area (Å²) in [7, 11) is 0. The van der Waals surface area contributed by atoms with Crippen LogP contribution in [-0.2, 0) is 9.59 Å². The highest BCUT2D eigenvalue weighted by Crippen LogP contribution is 2.37. The summed E-state index contributed by atoms with van der Waals surface area (Å²) in [5.74, 6) is -0.313. The van der Waals surface area contributed by atoms with Crippen molar-refractivity contribution >= 4 is 58.3 Å². The molecule has 0 aliphatic heterocycles. The lowest BCUT2D eigenvalue weighted by Crippen LogP contribution is -2.30. The molecule has 1 aromatic heterocycles. The molecule has 0 saturated carbocycles. The van der Waals surface area contributed by atoms with Crippen molar-refractivity contribution in [2.75, 3.05) is 17.2 Å². The van der Waals surface area contributed by atoms with Crippen LogP contribution in [0, 0.1) is 0 Å². The van der Waals surface area contributed by atoms with Crippen LogP contribution in [0.15, 0.2) is 137 Å². The van der Waals surface area contributed by atoms with Crippen molar-refractivity contribution in [3.05, 3.63) is 148 Å². The maximum absolute atomic E-state index is 13.6. The lowest BCUT2D eigenvalue weighted by atomic mass is 10.1. The van der Waals surface area contributed by atoms with Gasteiger partial charge >= 0.3 is 0 Å². The molecule has 0 aliphatic carbocycles. The van der Waals surface area contributed by atoms with E-state index in [0.29, 0.717) is 23.5 Å². The van der Waals surface area contributed by atoms with Gasteiger partial charge in [-0.1, -0.05) is 54.6 Å². The van der Waals surface area contributed by atoms with Crippen LogP contribution < -0.4 is 20.7 Å². The number of hydrogen-bond donors (Lipinski definition) is 3. The third-order valence-electron chi connectivity index (χ3n) is 6.50. The van der Waals surface area contributed by atoms with Crippen LogP contribution >= 0.6 is 23.1 Å². The molecule has 0 fully saturated rings. The maximum Gasteiger partial charge on any atom is 0.272 e. The predicted molar refractivity (Wildman–Crippen MR) is 183 cm³/mol. The van der Waals surface area contributed by atoms with Crippen molar-refractivity contribution in [1.82, 2.24) is 5.32 Å². The van der Waals surface area contributed by atoms with E-state index in [9.17, 15) is 14.4 Å². The molecular formula is C36H31N3O4S2. The molecule has 9 heteroatoms. The summed E-state index contributed by atoms with van der Waals surface area (Å²) in [6, 6.07) is 34.7. The Morgan fingerprint density at radius 1 is 0.822 bits per heavy atom. The van der Waals surface area contributed by atoms with Gasteiger partial charge in [0.05, 0.1) is 6.61 Å². The zero-order valence-corrected chi connectivity index (χ0v) is 26.1. The molecule has 1 heterocycles. The number of benzene rings is 4. The normalized spacial score (nSPS) is 11.7. The molecule has 0 spiro atoms. The lowest BCUT2D eigenvalue weighted by molar-refractivity contribution is -0.116. The molecule has 5 rings (SSSR count). The molecule has 0 radical (unpaired) electrons. The van der Waals surface area contributed by atoms with E-state index >= 15 is 0 Å². The number of anilines is 2. The van der Waals surface area contributed by atoms with Gasteiger partial charge in [0, 0.05) is 21.8 Å². The van der Waals surface area contributed by atoms with Crippen molar-refractivity contribution in [2.24, 2.45) is 0 Å². The van der Waals surface area contributed by atoms with Crippen molar-refractivity contribution < 1.29 is 19.1 Å². The smallest absolute Gasteiger partial charge is 0.272 e. The van der Waals surface area contributed by atoms with E-state index in [0.717, 1.165) is 21.8 Å². The van der Waals surface area contributed by atoms with Gasteiger partial charge in [0.1, 0.15) is 16.7 Å². The molecule has 7 nitrogen and oxygen atoms in total. The highest BCUT2D eigenvalue weighted by molar-refractivity contribution is 8.00. The molecule has 226 valence electrons. The van der Waals surface area contributed by atoms with Gasteiger partial charge in [-0.25, -0.2) is 0 Å². The zero-order chi connectivity index (χ0) is 31.4. The van der Waals surface area contributed by atoms with Gasteiger partial charge in [0.15, 0.2) is 0 Å². The average molecular weight is 634 g/mol. The Labute approximate surface area is 270 Å². The maximum atomic E-state index is 13.6. The van der Waals surface area contributed by atoms with Crippen LogP contribution in [0.25, 0.3) is 6.08 Å². The summed E-state index contributed by atoms with van der Waals surface area (Å²) >= 11 is 2.86. The van der Waals surface area contributed by atoms with E-state index < -0.39 is 11.2 Å². The molecule has 0 bridgehead atoms. The number of amides is 3. The van der Waals surface area contributed by atoms with Gasteiger partial charge in [0.25, 0.3) is 11.8 Å². The fraction of sp³-hybridized carbons (Fsp3) is 0.0833. The Bertz CT molecular complexity index is 1760. The Balaban J connectivity index is 1.33. The molecule has 45 heavy (non-hydrogen) atoms. The summed E-state index contributed by atoms with van der Waals surface area (Å²) in [4.78, 5) is 40.7. The van der Waals surface area contributed by atoms with Gasteiger partial charge in [-0.15, -0.1) is 11.8 Å². The van der Waals surface area contributed by atoms with Crippen LogP contribution in [-0.4, -0.2) is 24.3 Å². The van der Waals surface area contributed by atoms with Gasteiger partial charge < -0.3 is 20.7 Å². The van der Waals surface area contributed by atoms with Crippen molar-refractivity contribution in [2.45, 2.75) is 17.1 Å². The number of nitrogens with one attached hydrogen (secondary N) is 3. The fourth-order valence-electron chi connectivity index (χ4n) is 4.36. The second-order valence-corrected chi connectivity index (χ2v) is 11.7. The van der Waals surface area contributed by atoms with E-state index in [-0.39, 0.29) is 17.5 Å². The lowest BCUT2D eigenvalue weighted by Gasteiger charge is -2.18. The monoisotopic (exact) mass is 633 g/mol. The largest absolute Gasteiger partial charge is 0.494 e. The third kappa shape index (κ3) is 8.95. The highest BCUT2D eigenvalue weighted by Gasteiger charge is 2.23. The molecular weight excluding hydrogens is 603 g/mol. The molecule has 3 amide bonds. The fourth-order valence-corrected chi connectivity index (χ4v) is 6.06. The topological polar surface area (TPSA) is 96.5 Å². The SMILES string of the molecule is CCOc1ccc(NC(=O)C(Sc2cccc(NC(=O)/C(=C/c3ccsc3)NC(=O)c3ccccc3)c2)c2ccccc2)cc1. The van der Waals surface area contributed by atoms with Gasteiger partial charge in [-0.05, 0) is 95.6 Å². The Kier molecular flexibility index (Phi) is 10.8. The van der Waals surface area contributed by atoms with E-state index in [2.05, 4.69) is 16.0 Å². The first-order valence-electron chi connectivity index (χ1n) is 14.3. The summed E-state index contributed by atoms with van der Waals surface area (Å²) in [6.07, 6.45) is 1.64. The zero-order valence-electron chi connectivity index (χ0n) is 24.4. The van der Waals surface area contributed by atoms with Crippen molar-refractivity contribution in [3.8, 4) is 5.75 Å². The summed E-state index contributed by atoms with van der Waals surface area (Å²) in [5, 5.41) is 11.9. The van der Waals surface area contributed by atoms with Crippen LogP contribution in [0.1, 0.15) is 33.7 Å². The first kappa shape index (κ1) is 31.3. The van der Waals surface area contributed by atoms with Gasteiger partial charge in [-0.2, -0.15) is 11.3 Å². The summed E-state index contributed by atoms with van der Waals surface area (Å²) < 4.78 is 5.51. The minimum atomic E-state index is -0.567. The number of hydrogen-bond acceptors (Lipinski definition) is 6. The van der Waals surface area contributed by atoms with Crippen molar-refractivity contribution in [3.63, 3.8) is 0 Å².